The van der Waals surface area contributed by atoms with Crippen molar-refractivity contribution < 1.29 is 4.74 Å². The number of fused-ring (bicyclic) bond motifs is 1. The van der Waals surface area contributed by atoms with E-state index < -0.39 is 0 Å². The van der Waals surface area contributed by atoms with Gasteiger partial charge in [0.1, 0.15) is 5.75 Å². The van der Waals surface area contributed by atoms with Gasteiger partial charge in [0, 0.05) is 24.3 Å². The first-order chi connectivity index (χ1) is 9.24. The standard InChI is InChI=1S/C16H24N2O/c1-12(2)19-14-7-5-13(6-8-14)18-11-3-4-15-16(18)9-10-17-15/h5-8,12,15-17H,3-4,9-11H2,1-2H3. The van der Waals surface area contributed by atoms with Crippen molar-refractivity contribution in [2.24, 2.45) is 0 Å². The summed E-state index contributed by atoms with van der Waals surface area (Å²) < 4.78 is 5.71. The molecule has 2 fully saturated rings. The van der Waals surface area contributed by atoms with E-state index in [4.69, 9.17) is 4.74 Å². The van der Waals surface area contributed by atoms with E-state index in [0.29, 0.717) is 12.1 Å². The van der Waals surface area contributed by atoms with Gasteiger partial charge in [-0.3, -0.25) is 0 Å². The maximum atomic E-state index is 5.71. The van der Waals surface area contributed by atoms with Gasteiger partial charge in [-0.25, -0.2) is 0 Å². The number of benzene rings is 1. The molecule has 2 saturated heterocycles. The monoisotopic (exact) mass is 260 g/mol. The largest absolute Gasteiger partial charge is 0.491 e. The van der Waals surface area contributed by atoms with Crippen LogP contribution in [0.3, 0.4) is 0 Å². The number of nitrogens with zero attached hydrogens (tertiary/aromatic N) is 1. The topological polar surface area (TPSA) is 24.5 Å². The molecule has 3 heteroatoms. The first-order valence-electron chi connectivity index (χ1n) is 7.51. The molecule has 0 spiro atoms. The van der Waals surface area contributed by atoms with E-state index >= 15 is 0 Å². The molecule has 104 valence electrons. The Morgan fingerprint density at radius 3 is 2.74 bits per heavy atom. The summed E-state index contributed by atoms with van der Waals surface area (Å²) >= 11 is 0. The van der Waals surface area contributed by atoms with Gasteiger partial charge in [0.15, 0.2) is 0 Å². The van der Waals surface area contributed by atoms with Crippen molar-refractivity contribution in [3.8, 4) is 5.75 Å². The van der Waals surface area contributed by atoms with E-state index in [2.05, 4.69) is 48.3 Å². The van der Waals surface area contributed by atoms with Gasteiger partial charge in [-0.15, -0.1) is 0 Å². The van der Waals surface area contributed by atoms with Crippen molar-refractivity contribution in [2.75, 3.05) is 18.0 Å². The lowest BCUT2D eigenvalue weighted by atomic mass is 9.97. The van der Waals surface area contributed by atoms with Gasteiger partial charge in [0.05, 0.1) is 6.10 Å². The zero-order chi connectivity index (χ0) is 13.2. The molecule has 2 heterocycles. The molecular weight excluding hydrogens is 236 g/mol. The van der Waals surface area contributed by atoms with Crippen LogP contribution in [0.15, 0.2) is 24.3 Å². The van der Waals surface area contributed by atoms with Gasteiger partial charge in [0.2, 0.25) is 0 Å². The molecule has 19 heavy (non-hydrogen) atoms. The fourth-order valence-corrected chi connectivity index (χ4v) is 3.38. The minimum atomic E-state index is 0.240. The van der Waals surface area contributed by atoms with Gasteiger partial charge in [-0.05, 0) is 63.9 Å². The molecule has 0 bridgehead atoms. The molecule has 1 N–H and O–H groups in total. The predicted octanol–water partition coefficient (Wildman–Crippen LogP) is 2.80. The third-order valence-electron chi connectivity index (χ3n) is 4.17. The Labute approximate surface area is 115 Å². The Kier molecular flexibility index (Phi) is 3.65. The Morgan fingerprint density at radius 1 is 1.21 bits per heavy atom. The lowest BCUT2D eigenvalue weighted by molar-refractivity contribution is 0.242. The Hall–Kier alpha value is -1.22. The molecule has 3 rings (SSSR count). The molecule has 2 aliphatic rings. The van der Waals surface area contributed by atoms with E-state index in [1.807, 2.05) is 0 Å². The average Bonchev–Trinajstić information content (AvgIpc) is 2.87. The summed E-state index contributed by atoms with van der Waals surface area (Å²) in [6.45, 7) is 6.48. The van der Waals surface area contributed by atoms with Crippen molar-refractivity contribution in [3.63, 3.8) is 0 Å². The van der Waals surface area contributed by atoms with Gasteiger partial charge >= 0.3 is 0 Å². The molecule has 2 unspecified atom stereocenters. The van der Waals surface area contributed by atoms with Crippen LogP contribution >= 0.6 is 0 Å². The lowest BCUT2D eigenvalue weighted by Crippen LogP contribution is -2.48. The highest BCUT2D eigenvalue weighted by molar-refractivity contribution is 5.51. The van der Waals surface area contributed by atoms with E-state index in [1.165, 1.54) is 38.0 Å². The lowest BCUT2D eigenvalue weighted by Gasteiger charge is -2.39. The average molecular weight is 260 g/mol. The molecule has 3 nitrogen and oxygen atoms in total. The van der Waals surface area contributed by atoms with Gasteiger partial charge in [0.25, 0.3) is 0 Å². The SMILES string of the molecule is CC(C)Oc1ccc(N2CCCC3NCCC32)cc1. The fraction of sp³-hybridized carbons (Fsp3) is 0.625. The van der Waals surface area contributed by atoms with Crippen LogP contribution in [0.4, 0.5) is 5.69 Å². The van der Waals surface area contributed by atoms with Crippen LogP contribution in [0.25, 0.3) is 0 Å². The quantitative estimate of drug-likeness (QED) is 0.904. The highest BCUT2D eigenvalue weighted by atomic mass is 16.5. The van der Waals surface area contributed by atoms with Crippen molar-refractivity contribution in [2.45, 2.75) is 51.3 Å². The molecule has 2 atom stereocenters. The van der Waals surface area contributed by atoms with Crippen molar-refractivity contribution in [1.29, 1.82) is 0 Å². The summed E-state index contributed by atoms with van der Waals surface area (Å²) in [6.07, 6.45) is 4.13. The molecule has 0 aromatic heterocycles. The normalized spacial score (nSPS) is 26.6. The minimum Gasteiger partial charge on any atom is -0.491 e. The molecule has 2 aliphatic heterocycles. The van der Waals surface area contributed by atoms with Crippen molar-refractivity contribution in [3.05, 3.63) is 24.3 Å². The predicted molar refractivity (Wildman–Crippen MR) is 79.0 cm³/mol. The number of ether oxygens (including phenoxy) is 1. The van der Waals surface area contributed by atoms with E-state index in [-0.39, 0.29) is 6.10 Å². The second kappa shape index (κ2) is 5.41. The number of rotatable bonds is 3. The number of hydrogen-bond donors (Lipinski definition) is 1. The van der Waals surface area contributed by atoms with Crippen LogP contribution < -0.4 is 15.0 Å². The van der Waals surface area contributed by atoms with Crippen LogP contribution in [0.5, 0.6) is 5.75 Å². The molecule has 1 aromatic carbocycles. The zero-order valence-corrected chi connectivity index (χ0v) is 11.9. The number of nitrogens with one attached hydrogen (secondary N) is 1. The van der Waals surface area contributed by atoms with Gasteiger partial charge in [-0.1, -0.05) is 0 Å². The second-order valence-corrected chi connectivity index (χ2v) is 5.91. The minimum absolute atomic E-state index is 0.240. The summed E-state index contributed by atoms with van der Waals surface area (Å²) in [5.74, 6) is 0.969. The molecule has 1 aromatic rings. The second-order valence-electron chi connectivity index (χ2n) is 5.91. The van der Waals surface area contributed by atoms with Crippen LogP contribution in [0.1, 0.15) is 33.1 Å². The Balaban J connectivity index is 1.74. The summed E-state index contributed by atoms with van der Waals surface area (Å²) in [5, 5.41) is 3.63. The Bertz CT molecular complexity index is 415. The van der Waals surface area contributed by atoms with Crippen molar-refractivity contribution >= 4 is 5.69 Å². The highest BCUT2D eigenvalue weighted by Gasteiger charge is 2.34. The van der Waals surface area contributed by atoms with Crippen LogP contribution in [-0.2, 0) is 0 Å². The Morgan fingerprint density at radius 2 is 2.00 bits per heavy atom. The maximum Gasteiger partial charge on any atom is 0.119 e. The highest BCUT2D eigenvalue weighted by Crippen LogP contribution is 2.30. The van der Waals surface area contributed by atoms with E-state index in [0.717, 1.165) is 5.75 Å². The zero-order valence-electron chi connectivity index (χ0n) is 11.9. The van der Waals surface area contributed by atoms with E-state index in [9.17, 15) is 0 Å². The summed E-state index contributed by atoms with van der Waals surface area (Å²) in [7, 11) is 0. The summed E-state index contributed by atoms with van der Waals surface area (Å²) in [4.78, 5) is 2.58. The van der Waals surface area contributed by atoms with E-state index in [1.54, 1.807) is 0 Å². The number of hydrogen-bond acceptors (Lipinski definition) is 3. The third kappa shape index (κ3) is 2.71. The molecule has 0 amide bonds. The first kappa shape index (κ1) is 12.8. The fourth-order valence-electron chi connectivity index (χ4n) is 3.38. The van der Waals surface area contributed by atoms with Crippen LogP contribution in [0.2, 0.25) is 0 Å². The van der Waals surface area contributed by atoms with Gasteiger partial charge < -0.3 is 15.0 Å². The molecule has 0 saturated carbocycles. The molecular formula is C16H24N2O. The third-order valence-corrected chi connectivity index (χ3v) is 4.17. The number of anilines is 1. The van der Waals surface area contributed by atoms with Crippen LogP contribution in [0, 0.1) is 0 Å². The van der Waals surface area contributed by atoms with Crippen LogP contribution in [-0.4, -0.2) is 31.3 Å². The molecule has 0 aliphatic carbocycles. The number of piperidine rings is 1. The first-order valence-corrected chi connectivity index (χ1v) is 7.51. The maximum absolute atomic E-state index is 5.71. The van der Waals surface area contributed by atoms with Gasteiger partial charge in [-0.2, -0.15) is 0 Å². The smallest absolute Gasteiger partial charge is 0.119 e. The summed E-state index contributed by atoms with van der Waals surface area (Å²) in [5.41, 5.74) is 1.34. The summed E-state index contributed by atoms with van der Waals surface area (Å²) in [6, 6.07) is 9.99. The van der Waals surface area contributed by atoms with Crippen molar-refractivity contribution in [1.82, 2.24) is 5.32 Å². The molecule has 0 radical (unpaired) electrons.